The van der Waals surface area contributed by atoms with E-state index in [-0.39, 0.29) is 0 Å². The molecule has 51 heavy (non-hydrogen) atoms. The molecule has 0 aromatic rings. The summed E-state index contributed by atoms with van der Waals surface area (Å²) in [6.07, 6.45) is 48.0. The Kier molecular flexibility index (Phi) is 15.8. The molecule has 4 rings (SSSR count). The zero-order valence-corrected chi connectivity index (χ0v) is 32.0. The summed E-state index contributed by atoms with van der Waals surface area (Å²) in [4.78, 5) is 2.62. The van der Waals surface area contributed by atoms with E-state index in [1.165, 1.54) is 56.7 Å². The smallest absolute Gasteiger partial charge is 0.166 e. The average molecular weight is 689 g/mol. The molecule has 2 bridgehead atoms. The second-order valence-corrected chi connectivity index (χ2v) is 13.9. The number of hydrogen-bond donors (Lipinski definition) is 1. The van der Waals surface area contributed by atoms with Crippen molar-refractivity contribution in [2.45, 2.75) is 84.6 Å². The maximum atomic E-state index is 5.42. The highest BCUT2D eigenvalue weighted by molar-refractivity contribution is 7.83. The summed E-state index contributed by atoms with van der Waals surface area (Å²) in [5, 5.41) is 1.88. The fourth-order valence-corrected chi connectivity index (χ4v) is 7.13. The lowest BCUT2D eigenvalue weighted by molar-refractivity contribution is 0.300. The third kappa shape index (κ3) is 11.3. The van der Waals surface area contributed by atoms with Crippen LogP contribution in [0.1, 0.15) is 78.6 Å². The van der Waals surface area contributed by atoms with Crippen LogP contribution in [0.2, 0.25) is 0 Å². The molecular weight excluding hydrogens is 633 g/mol. The van der Waals surface area contributed by atoms with Crippen LogP contribution in [0.5, 0.6) is 0 Å². The summed E-state index contributed by atoms with van der Waals surface area (Å²) < 4.78 is 0. The first-order valence-electron chi connectivity index (χ1n) is 18.4. The average Bonchev–Trinajstić information content (AvgIpc) is 3.45. The predicted octanol–water partition coefficient (Wildman–Crippen LogP) is 12.6. The van der Waals surface area contributed by atoms with Crippen LogP contribution in [0.15, 0.2) is 189 Å². The normalized spacial score (nSPS) is 20.5. The molecule has 4 aliphatic rings. The van der Waals surface area contributed by atoms with Crippen molar-refractivity contribution in [2.75, 3.05) is 6.44 Å². The summed E-state index contributed by atoms with van der Waals surface area (Å²) in [6, 6.07) is 0.357. The minimum absolute atomic E-state index is 0.357. The van der Waals surface area contributed by atoms with Crippen LogP contribution in [0.25, 0.3) is 0 Å². The summed E-state index contributed by atoms with van der Waals surface area (Å²) in [5.41, 5.74) is 15.0. The Morgan fingerprint density at radius 1 is 1.06 bits per heavy atom. The molecule has 0 fully saturated rings. The van der Waals surface area contributed by atoms with E-state index in [1.54, 1.807) is 0 Å². The molecule has 0 spiro atoms. The van der Waals surface area contributed by atoms with E-state index in [0.717, 1.165) is 68.1 Å². The molecule has 261 valence electrons. The fourth-order valence-electron chi connectivity index (χ4n) is 6.86. The van der Waals surface area contributed by atoms with Gasteiger partial charge in [0.2, 0.25) is 0 Å². The maximum Gasteiger partial charge on any atom is 0.166 e. The molecular formula is C48H55BNS. The largest absolute Gasteiger partial charge is 0.375 e. The van der Waals surface area contributed by atoms with Gasteiger partial charge < -0.3 is 4.90 Å². The van der Waals surface area contributed by atoms with Gasteiger partial charge in [0.15, 0.2) is 7.28 Å². The van der Waals surface area contributed by atoms with Gasteiger partial charge in [0, 0.05) is 17.7 Å². The Hall–Kier alpha value is -4.39. The SMILES string of the molecule is C#CC/C=C(\C)C/C=C(C=C)/C(C)=C/C=C(/C=C\C(=C)/C(=C\S)C/C=C\[B]CN1C2=C(C=CCCC2)C2=C(C)C1CC(=C)C=C2)C1=CC=CCC1. The number of allylic oxidation sites excluding steroid dienone is 25. The number of terminal acetylenes is 1. The van der Waals surface area contributed by atoms with Gasteiger partial charge in [-0.1, -0.05) is 122 Å². The number of hydrogen-bond acceptors (Lipinski definition) is 2. The third-order valence-corrected chi connectivity index (χ3v) is 10.3. The van der Waals surface area contributed by atoms with Crippen molar-refractivity contribution in [3.8, 4) is 12.3 Å². The van der Waals surface area contributed by atoms with Crippen molar-refractivity contribution in [2.24, 2.45) is 0 Å². The quantitative estimate of drug-likeness (QED) is 0.0589. The van der Waals surface area contributed by atoms with E-state index >= 15 is 0 Å². The molecule has 1 unspecified atom stereocenters. The van der Waals surface area contributed by atoms with Crippen molar-refractivity contribution in [1.29, 1.82) is 0 Å². The van der Waals surface area contributed by atoms with Crippen molar-refractivity contribution in [1.82, 2.24) is 4.90 Å². The first kappa shape index (κ1) is 39.4. The minimum atomic E-state index is 0.357. The van der Waals surface area contributed by atoms with Gasteiger partial charge in [0.1, 0.15) is 0 Å². The van der Waals surface area contributed by atoms with E-state index in [1.807, 2.05) is 11.5 Å². The lowest BCUT2D eigenvalue weighted by atomic mass is 9.75. The number of fused-ring (bicyclic) bond motifs is 2. The monoisotopic (exact) mass is 688 g/mol. The topological polar surface area (TPSA) is 3.24 Å². The summed E-state index contributed by atoms with van der Waals surface area (Å²) in [6.45, 7) is 19.4. The fraction of sp³-hybridized carbons (Fsp3) is 0.292. The maximum absolute atomic E-state index is 5.42. The number of nitrogens with zero attached hydrogens (tertiary/aromatic N) is 1. The highest BCUT2D eigenvalue weighted by Crippen LogP contribution is 2.41. The summed E-state index contributed by atoms with van der Waals surface area (Å²) in [5.74, 6) is 4.88. The highest BCUT2D eigenvalue weighted by Gasteiger charge is 2.32. The number of thiol groups is 1. The molecule has 1 atom stereocenters. The molecule has 1 nitrogen and oxygen atoms in total. The Balaban J connectivity index is 1.42. The van der Waals surface area contributed by atoms with E-state index in [4.69, 9.17) is 6.42 Å². The molecule has 0 N–H and O–H groups in total. The summed E-state index contributed by atoms with van der Waals surface area (Å²) >= 11 is 4.58. The molecule has 0 aromatic heterocycles. The molecule has 1 aliphatic heterocycles. The van der Waals surface area contributed by atoms with Gasteiger partial charge in [-0.05, 0) is 129 Å². The van der Waals surface area contributed by atoms with Crippen molar-refractivity contribution >= 4 is 19.9 Å². The minimum Gasteiger partial charge on any atom is -0.375 e. The molecule has 0 saturated carbocycles. The van der Waals surface area contributed by atoms with Crippen molar-refractivity contribution in [3.63, 3.8) is 0 Å². The second-order valence-electron chi connectivity index (χ2n) is 13.7. The Labute approximate surface area is 316 Å². The van der Waals surface area contributed by atoms with Crippen LogP contribution in [-0.4, -0.2) is 24.7 Å². The zero-order chi connectivity index (χ0) is 36.6. The van der Waals surface area contributed by atoms with Gasteiger partial charge in [-0.2, -0.15) is 12.6 Å². The van der Waals surface area contributed by atoms with E-state index in [2.05, 4.69) is 162 Å². The van der Waals surface area contributed by atoms with Gasteiger partial charge in [-0.25, -0.2) is 0 Å². The van der Waals surface area contributed by atoms with Gasteiger partial charge in [-0.3, -0.25) is 0 Å². The van der Waals surface area contributed by atoms with E-state index in [0.29, 0.717) is 12.5 Å². The van der Waals surface area contributed by atoms with E-state index < -0.39 is 0 Å². The molecule has 0 saturated heterocycles. The van der Waals surface area contributed by atoms with Crippen LogP contribution in [0.3, 0.4) is 0 Å². The lowest BCUT2D eigenvalue weighted by Crippen LogP contribution is -2.41. The lowest BCUT2D eigenvalue weighted by Gasteiger charge is -2.41. The van der Waals surface area contributed by atoms with Crippen LogP contribution in [-0.2, 0) is 0 Å². The third-order valence-electron chi connectivity index (χ3n) is 9.99. The Morgan fingerprint density at radius 3 is 2.65 bits per heavy atom. The standard InChI is InChI=1S/C48H55BNS/c1-8-10-18-36(3)24-28-41(9-2)38(5)26-29-43(42-19-13-11-14-20-42)30-27-39(6)44(34-51)21-17-32-49-35-50-47-23-16-12-15-22-46(47)45-31-25-37(4)33-48(50)40(45)7/h1,9,11,13,15,17-19,22,25-32,34,48,51H,2,4,6,10,12,14,16,20-21,23-24,33,35H2,3,5,7H3/b30-27-,32-17-,36-18+,38-26+,41-28+,43-29-,44-34-. The van der Waals surface area contributed by atoms with Crippen molar-refractivity contribution < 1.29 is 0 Å². The highest BCUT2D eigenvalue weighted by atomic mass is 32.1. The van der Waals surface area contributed by atoms with Crippen LogP contribution in [0, 0.1) is 12.3 Å². The molecule has 0 amide bonds. The number of rotatable bonds is 15. The first-order valence-corrected chi connectivity index (χ1v) is 18.9. The molecule has 3 heteroatoms. The predicted molar refractivity (Wildman–Crippen MR) is 229 cm³/mol. The van der Waals surface area contributed by atoms with Gasteiger partial charge in [0.05, 0.1) is 6.04 Å². The molecule has 3 aliphatic carbocycles. The van der Waals surface area contributed by atoms with Gasteiger partial charge in [-0.15, -0.1) is 18.3 Å². The van der Waals surface area contributed by atoms with Gasteiger partial charge >= 0.3 is 0 Å². The van der Waals surface area contributed by atoms with Gasteiger partial charge in [0.25, 0.3) is 0 Å². The van der Waals surface area contributed by atoms with Crippen LogP contribution in [0.4, 0.5) is 0 Å². The van der Waals surface area contributed by atoms with Crippen LogP contribution < -0.4 is 0 Å². The molecule has 0 aromatic carbocycles. The first-order chi connectivity index (χ1) is 24.8. The zero-order valence-electron chi connectivity index (χ0n) is 31.1. The van der Waals surface area contributed by atoms with Crippen molar-refractivity contribution in [3.05, 3.63) is 189 Å². The molecule has 1 radical (unpaired) electrons. The molecule has 1 heterocycles. The van der Waals surface area contributed by atoms with Crippen LogP contribution >= 0.6 is 12.6 Å². The summed E-state index contributed by atoms with van der Waals surface area (Å²) in [7, 11) is 2.30. The Morgan fingerprint density at radius 2 is 1.90 bits per heavy atom. The Bertz CT molecular complexity index is 1810. The van der Waals surface area contributed by atoms with E-state index in [9.17, 15) is 0 Å². The second kappa shape index (κ2) is 20.5.